The molecule has 0 bridgehead atoms. The van der Waals surface area contributed by atoms with E-state index in [4.69, 9.17) is 0 Å². The van der Waals surface area contributed by atoms with E-state index < -0.39 is 0 Å². The lowest BCUT2D eigenvalue weighted by Crippen LogP contribution is -2.08. The van der Waals surface area contributed by atoms with E-state index in [1.807, 2.05) is 12.2 Å². The van der Waals surface area contributed by atoms with Crippen molar-refractivity contribution in [2.45, 2.75) is 13.8 Å². The van der Waals surface area contributed by atoms with Gasteiger partial charge in [-0.1, -0.05) is 24.6 Å². The smallest absolute Gasteiger partial charge is 0.0696 e. The van der Waals surface area contributed by atoms with Gasteiger partial charge in [0.25, 0.3) is 0 Å². The summed E-state index contributed by atoms with van der Waals surface area (Å²) >= 11 is 0. The van der Waals surface area contributed by atoms with Crippen molar-refractivity contribution in [2.24, 2.45) is 16.1 Å². The molecule has 0 spiro atoms. The summed E-state index contributed by atoms with van der Waals surface area (Å²) in [7, 11) is 0. The Morgan fingerprint density at radius 2 is 2.18 bits per heavy atom. The topological polar surface area (TPSA) is 24.7 Å². The van der Waals surface area contributed by atoms with Crippen LogP contribution in [0.3, 0.4) is 0 Å². The van der Waals surface area contributed by atoms with Gasteiger partial charge in [-0.15, -0.1) is 0 Å². The van der Waals surface area contributed by atoms with E-state index in [-0.39, 0.29) is 0 Å². The van der Waals surface area contributed by atoms with Gasteiger partial charge in [0.15, 0.2) is 0 Å². The van der Waals surface area contributed by atoms with Gasteiger partial charge < -0.3 is 0 Å². The Hall–Kier alpha value is -1.18. The van der Waals surface area contributed by atoms with E-state index in [2.05, 4.69) is 36.8 Å². The van der Waals surface area contributed by atoms with Crippen molar-refractivity contribution in [3.8, 4) is 0 Å². The molecule has 0 aromatic carbocycles. The minimum atomic E-state index is 0.366. The minimum absolute atomic E-state index is 0.366. The highest BCUT2D eigenvalue weighted by atomic mass is 15.2. The first-order valence-corrected chi connectivity index (χ1v) is 3.64. The van der Waals surface area contributed by atoms with Gasteiger partial charge in [-0.05, 0) is 13.0 Å². The molecule has 1 atom stereocenters. The van der Waals surface area contributed by atoms with Gasteiger partial charge >= 0.3 is 0 Å². The molecule has 1 aliphatic rings. The molecule has 2 nitrogen and oxygen atoms in total. The summed E-state index contributed by atoms with van der Waals surface area (Å²) in [6.07, 6.45) is 6.17. The molecule has 58 valence electrons. The highest BCUT2D eigenvalue weighted by molar-refractivity contribution is 5.99. The molecule has 0 N–H and O–H groups in total. The highest BCUT2D eigenvalue weighted by Gasteiger charge is 2.08. The molecule has 0 fully saturated rings. The number of hydrogen-bond donors (Lipinski definition) is 0. The van der Waals surface area contributed by atoms with Gasteiger partial charge in [-0.25, -0.2) is 0 Å². The fraction of sp³-hybridized carbons (Fsp3) is 0.333. The Bertz CT molecular complexity index is 246. The van der Waals surface area contributed by atoms with Crippen molar-refractivity contribution in [2.75, 3.05) is 0 Å². The Kier molecular flexibility index (Phi) is 2.36. The maximum absolute atomic E-state index is 3.90. The van der Waals surface area contributed by atoms with E-state index in [0.717, 1.165) is 5.71 Å². The second-order valence-electron chi connectivity index (χ2n) is 2.70. The SMILES string of the molecule is C=N/N=C1/C=CC(C)=CC1C. The first-order valence-electron chi connectivity index (χ1n) is 3.64. The van der Waals surface area contributed by atoms with Crippen molar-refractivity contribution >= 4 is 12.4 Å². The van der Waals surface area contributed by atoms with Crippen molar-refractivity contribution in [3.63, 3.8) is 0 Å². The maximum Gasteiger partial charge on any atom is 0.0696 e. The predicted octanol–water partition coefficient (Wildman–Crippen LogP) is 2.20. The largest absolute Gasteiger partial charge is 0.167 e. The van der Waals surface area contributed by atoms with Gasteiger partial charge in [0.2, 0.25) is 0 Å². The fourth-order valence-electron chi connectivity index (χ4n) is 1.11. The number of hydrogen-bond acceptors (Lipinski definition) is 2. The van der Waals surface area contributed by atoms with E-state index in [9.17, 15) is 0 Å². The quantitative estimate of drug-likeness (QED) is 0.402. The molecule has 0 aromatic rings. The van der Waals surface area contributed by atoms with E-state index in [1.54, 1.807) is 0 Å². The summed E-state index contributed by atoms with van der Waals surface area (Å²) in [5, 5.41) is 7.39. The van der Waals surface area contributed by atoms with Crippen molar-refractivity contribution in [1.82, 2.24) is 0 Å². The number of allylic oxidation sites excluding steroid dienone is 4. The molecule has 0 heterocycles. The zero-order chi connectivity index (χ0) is 8.27. The molecule has 1 unspecified atom stereocenters. The summed E-state index contributed by atoms with van der Waals surface area (Å²) in [5.41, 5.74) is 2.26. The minimum Gasteiger partial charge on any atom is -0.167 e. The van der Waals surface area contributed by atoms with Crippen LogP contribution in [-0.4, -0.2) is 12.4 Å². The van der Waals surface area contributed by atoms with E-state index in [0.29, 0.717) is 5.92 Å². The molecular formula is C9H12N2. The molecule has 1 aliphatic carbocycles. The van der Waals surface area contributed by atoms with Crippen LogP contribution in [0.2, 0.25) is 0 Å². The van der Waals surface area contributed by atoms with Crippen molar-refractivity contribution in [3.05, 3.63) is 23.8 Å². The van der Waals surface area contributed by atoms with Crippen molar-refractivity contribution in [1.29, 1.82) is 0 Å². The monoisotopic (exact) mass is 148 g/mol. The zero-order valence-corrected chi connectivity index (χ0v) is 6.91. The van der Waals surface area contributed by atoms with Gasteiger partial charge in [0, 0.05) is 12.6 Å². The summed E-state index contributed by atoms with van der Waals surface area (Å²) < 4.78 is 0. The third-order valence-corrected chi connectivity index (χ3v) is 1.68. The van der Waals surface area contributed by atoms with Crippen LogP contribution in [0.25, 0.3) is 0 Å². The second-order valence-corrected chi connectivity index (χ2v) is 2.70. The van der Waals surface area contributed by atoms with Gasteiger partial charge in [0.1, 0.15) is 0 Å². The summed E-state index contributed by atoms with van der Waals surface area (Å²) in [6, 6.07) is 0. The van der Waals surface area contributed by atoms with Gasteiger partial charge in [0.05, 0.1) is 5.71 Å². The Balaban J connectivity index is 2.85. The Labute approximate surface area is 67.0 Å². The second kappa shape index (κ2) is 3.28. The first kappa shape index (κ1) is 7.92. The molecule has 0 saturated carbocycles. The van der Waals surface area contributed by atoms with Crippen LogP contribution in [0, 0.1) is 5.92 Å². The molecule has 11 heavy (non-hydrogen) atoms. The summed E-state index contributed by atoms with van der Waals surface area (Å²) in [6.45, 7) is 7.48. The van der Waals surface area contributed by atoms with Gasteiger partial charge in [-0.2, -0.15) is 10.2 Å². The van der Waals surface area contributed by atoms with Crippen LogP contribution in [-0.2, 0) is 0 Å². The molecule has 1 rings (SSSR count). The highest BCUT2D eigenvalue weighted by Crippen LogP contribution is 2.13. The van der Waals surface area contributed by atoms with Crippen LogP contribution in [0.1, 0.15) is 13.8 Å². The lowest BCUT2D eigenvalue weighted by Gasteiger charge is -2.10. The molecule has 0 radical (unpaired) electrons. The molecule has 0 aliphatic heterocycles. The molecule has 0 saturated heterocycles. The van der Waals surface area contributed by atoms with E-state index in [1.165, 1.54) is 5.57 Å². The van der Waals surface area contributed by atoms with E-state index >= 15 is 0 Å². The average molecular weight is 148 g/mol. The van der Waals surface area contributed by atoms with Crippen LogP contribution in [0.15, 0.2) is 34.0 Å². The molecule has 0 amide bonds. The molecular weight excluding hydrogens is 136 g/mol. The lowest BCUT2D eigenvalue weighted by atomic mass is 9.97. The van der Waals surface area contributed by atoms with Crippen LogP contribution in [0.4, 0.5) is 0 Å². The summed E-state index contributed by atoms with van der Waals surface area (Å²) in [5.74, 6) is 0.366. The number of rotatable bonds is 1. The van der Waals surface area contributed by atoms with Crippen LogP contribution >= 0.6 is 0 Å². The predicted molar refractivity (Wildman–Crippen MR) is 49.0 cm³/mol. The van der Waals surface area contributed by atoms with Crippen LogP contribution in [0.5, 0.6) is 0 Å². The normalized spacial score (nSPS) is 26.9. The standard InChI is InChI=1S/C9H12N2/c1-7-4-5-9(11-10-3)8(2)6-7/h4-6,8H,3H2,1-2H3/b11-9-. The third-order valence-electron chi connectivity index (χ3n) is 1.68. The molecule has 0 aromatic heterocycles. The van der Waals surface area contributed by atoms with Crippen molar-refractivity contribution < 1.29 is 0 Å². The van der Waals surface area contributed by atoms with Crippen LogP contribution < -0.4 is 0 Å². The number of nitrogens with zero attached hydrogens (tertiary/aromatic N) is 2. The fourth-order valence-corrected chi connectivity index (χ4v) is 1.11. The molecule has 2 heteroatoms. The zero-order valence-electron chi connectivity index (χ0n) is 6.91. The Morgan fingerprint density at radius 3 is 2.73 bits per heavy atom. The first-order chi connectivity index (χ1) is 5.24. The third kappa shape index (κ3) is 1.87. The maximum atomic E-state index is 3.90. The van der Waals surface area contributed by atoms with Gasteiger partial charge in [-0.3, -0.25) is 0 Å². The lowest BCUT2D eigenvalue weighted by molar-refractivity contribution is 0.967. The Morgan fingerprint density at radius 1 is 1.45 bits per heavy atom. The average Bonchev–Trinajstić information content (AvgIpc) is 1.95. The summed E-state index contributed by atoms with van der Waals surface area (Å²) in [4.78, 5) is 0.